The summed E-state index contributed by atoms with van der Waals surface area (Å²) in [5, 5.41) is 5.86. The molecule has 0 saturated carbocycles. The molecule has 0 unspecified atom stereocenters. The number of benzene rings is 1. The van der Waals surface area contributed by atoms with Crippen molar-refractivity contribution in [3.05, 3.63) is 51.3 Å². The Labute approximate surface area is 180 Å². The fourth-order valence-electron chi connectivity index (χ4n) is 2.92. The third-order valence-electron chi connectivity index (χ3n) is 4.28. The Morgan fingerprint density at radius 1 is 1.13 bits per heavy atom. The number of aromatic nitrogens is 1. The average Bonchev–Trinajstić information content (AvgIpc) is 2.95. The number of aromatic amines is 1. The normalized spacial score (nSPS) is 10.8. The Balaban J connectivity index is 2.29. The number of methoxy groups -OCH3 is 1. The number of anilines is 1. The van der Waals surface area contributed by atoms with E-state index in [9.17, 15) is 14.4 Å². The Morgan fingerprint density at radius 3 is 2.47 bits per heavy atom. The quantitative estimate of drug-likeness (QED) is 0.434. The van der Waals surface area contributed by atoms with Gasteiger partial charge in [0.2, 0.25) is 0 Å². The van der Waals surface area contributed by atoms with Crippen LogP contribution in [0.25, 0.3) is 0 Å². The van der Waals surface area contributed by atoms with Crippen LogP contribution in [0.5, 0.6) is 0 Å². The summed E-state index contributed by atoms with van der Waals surface area (Å²) in [6.45, 7) is 7.39. The Hall–Kier alpha value is -2.84. The maximum absolute atomic E-state index is 12.9. The molecule has 30 heavy (non-hydrogen) atoms. The SMILES string of the molecule is COCCOC(=O)c1c(C)[nH]c(C(=O)Nc2cc(Cl)ccc2C(=O)NC(C)C)c1C. The van der Waals surface area contributed by atoms with E-state index in [-0.39, 0.29) is 42.1 Å². The molecule has 0 radical (unpaired) electrons. The van der Waals surface area contributed by atoms with Gasteiger partial charge < -0.3 is 25.1 Å². The lowest BCUT2D eigenvalue weighted by molar-refractivity contribution is 0.0386. The number of esters is 1. The first-order valence-corrected chi connectivity index (χ1v) is 9.80. The molecule has 0 spiro atoms. The molecule has 2 aromatic rings. The number of amides is 2. The Kier molecular flexibility index (Phi) is 8.02. The first-order valence-electron chi connectivity index (χ1n) is 9.42. The number of nitrogens with one attached hydrogen (secondary N) is 3. The van der Waals surface area contributed by atoms with Crippen molar-refractivity contribution in [2.75, 3.05) is 25.6 Å². The summed E-state index contributed by atoms with van der Waals surface area (Å²) in [5.74, 6) is -1.39. The van der Waals surface area contributed by atoms with Crippen molar-refractivity contribution in [1.82, 2.24) is 10.3 Å². The van der Waals surface area contributed by atoms with Crippen LogP contribution >= 0.6 is 11.6 Å². The van der Waals surface area contributed by atoms with Gasteiger partial charge in [0.1, 0.15) is 12.3 Å². The van der Waals surface area contributed by atoms with E-state index in [1.807, 2.05) is 13.8 Å². The van der Waals surface area contributed by atoms with Crippen molar-refractivity contribution in [3.8, 4) is 0 Å². The topological polar surface area (TPSA) is 110 Å². The van der Waals surface area contributed by atoms with Gasteiger partial charge in [0.15, 0.2) is 0 Å². The van der Waals surface area contributed by atoms with Crippen LogP contribution in [0.1, 0.15) is 56.3 Å². The van der Waals surface area contributed by atoms with Crippen LogP contribution in [0, 0.1) is 13.8 Å². The fraction of sp³-hybridized carbons (Fsp3) is 0.381. The lowest BCUT2D eigenvalue weighted by atomic mass is 10.1. The summed E-state index contributed by atoms with van der Waals surface area (Å²) in [5.41, 5.74) is 1.98. The second-order valence-electron chi connectivity index (χ2n) is 7.03. The zero-order chi connectivity index (χ0) is 22.4. The predicted molar refractivity (Wildman–Crippen MR) is 114 cm³/mol. The number of halogens is 1. The third-order valence-corrected chi connectivity index (χ3v) is 4.52. The molecule has 0 atom stereocenters. The summed E-state index contributed by atoms with van der Waals surface area (Å²) < 4.78 is 10.0. The molecule has 0 saturated heterocycles. The second kappa shape index (κ2) is 10.3. The van der Waals surface area contributed by atoms with Gasteiger partial charge in [-0.2, -0.15) is 0 Å². The minimum atomic E-state index is -0.544. The van der Waals surface area contributed by atoms with Crippen LogP contribution in [-0.4, -0.2) is 49.1 Å². The Bertz CT molecular complexity index is 952. The van der Waals surface area contributed by atoms with E-state index in [2.05, 4.69) is 15.6 Å². The van der Waals surface area contributed by atoms with Crippen molar-refractivity contribution in [3.63, 3.8) is 0 Å². The zero-order valence-electron chi connectivity index (χ0n) is 17.6. The maximum atomic E-state index is 12.9. The first kappa shape index (κ1) is 23.4. The molecule has 8 nitrogen and oxygen atoms in total. The van der Waals surface area contributed by atoms with E-state index >= 15 is 0 Å². The molecule has 0 fully saturated rings. The molecule has 2 amide bonds. The molecular formula is C21H26ClN3O5. The fourth-order valence-corrected chi connectivity index (χ4v) is 3.09. The molecule has 2 rings (SSSR count). The van der Waals surface area contributed by atoms with Crippen molar-refractivity contribution in [2.24, 2.45) is 0 Å². The van der Waals surface area contributed by atoms with E-state index < -0.39 is 11.9 Å². The van der Waals surface area contributed by atoms with Crippen LogP contribution in [0.4, 0.5) is 5.69 Å². The standard InChI is InChI=1S/C21H26ClN3O5/c1-11(2)23-19(26)15-7-6-14(22)10-16(15)25-20(27)18-12(3)17(13(4)24-18)21(28)30-9-8-29-5/h6-7,10-11,24H,8-9H2,1-5H3,(H,23,26)(H,25,27). The summed E-state index contributed by atoms with van der Waals surface area (Å²) >= 11 is 6.06. The highest BCUT2D eigenvalue weighted by Gasteiger charge is 2.24. The number of H-pyrrole nitrogens is 1. The van der Waals surface area contributed by atoms with E-state index in [0.717, 1.165) is 0 Å². The maximum Gasteiger partial charge on any atom is 0.340 e. The molecule has 9 heteroatoms. The van der Waals surface area contributed by atoms with Crippen LogP contribution in [0.2, 0.25) is 5.02 Å². The summed E-state index contributed by atoms with van der Waals surface area (Å²) in [6.07, 6.45) is 0. The van der Waals surface area contributed by atoms with Gasteiger partial charge in [-0.05, 0) is 51.5 Å². The number of rotatable bonds is 8. The minimum Gasteiger partial charge on any atom is -0.460 e. The average molecular weight is 436 g/mol. The van der Waals surface area contributed by atoms with Crippen molar-refractivity contribution >= 4 is 35.1 Å². The summed E-state index contributed by atoms with van der Waals surface area (Å²) in [4.78, 5) is 40.6. The van der Waals surface area contributed by atoms with E-state index in [4.69, 9.17) is 21.1 Å². The number of hydrogen-bond acceptors (Lipinski definition) is 5. The van der Waals surface area contributed by atoms with Crippen LogP contribution < -0.4 is 10.6 Å². The first-order chi connectivity index (χ1) is 14.1. The molecular weight excluding hydrogens is 410 g/mol. The number of carbonyl (C=O) groups excluding carboxylic acids is 3. The molecule has 1 heterocycles. The van der Waals surface area contributed by atoms with Crippen molar-refractivity contribution in [1.29, 1.82) is 0 Å². The number of ether oxygens (including phenoxy) is 2. The number of aryl methyl sites for hydroxylation is 1. The summed E-state index contributed by atoms with van der Waals surface area (Å²) in [6, 6.07) is 4.54. The molecule has 3 N–H and O–H groups in total. The smallest absolute Gasteiger partial charge is 0.340 e. The zero-order valence-corrected chi connectivity index (χ0v) is 18.4. The second-order valence-corrected chi connectivity index (χ2v) is 7.46. The molecule has 1 aromatic heterocycles. The van der Waals surface area contributed by atoms with Gasteiger partial charge in [0, 0.05) is 23.9 Å². The lowest BCUT2D eigenvalue weighted by Gasteiger charge is -2.13. The lowest BCUT2D eigenvalue weighted by Crippen LogP contribution is -2.31. The van der Waals surface area contributed by atoms with Gasteiger partial charge in [0.25, 0.3) is 11.8 Å². The number of hydrogen-bond donors (Lipinski definition) is 3. The highest BCUT2D eigenvalue weighted by molar-refractivity contribution is 6.31. The third kappa shape index (κ3) is 5.61. The molecule has 0 aliphatic heterocycles. The molecule has 0 bridgehead atoms. The van der Waals surface area contributed by atoms with Gasteiger partial charge >= 0.3 is 5.97 Å². The van der Waals surface area contributed by atoms with Gasteiger partial charge in [-0.25, -0.2) is 4.79 Å². The van der Waals surface area contributed by atoms with Gasteiger partial charge in [-0.3, -0.25) is 9.59 Å². The van der Waals surface area contributed by atoms with Crippen LogP contribution in [0.15, 0.2) is 18.2 Å². The molecule has 1 aromatic carbocycles. The summed E-state index contributed by atoms with van der Waals surface area (Å²) in [7, 11) is 1.51. The van der Waals surface area contributed by atoms with Crippen LogP contribution in [0.3, 0.4) is 0 Å². The van der Waals surface area contributed by atoms with E-state index in [1.165, 1.54) is 13.2 Å². The van der Waals surface area contributed by atoms with Crippen LogP contribution in [-0.2, 0) is 9.47 Å². The largest absolute Gasteiger partial charge is 0.460 e. The van der Waals surface area contributed by atoms with E-state index in [0.29, 0.717) is 21.8 Å². The molecule has 162 valence electrons. The van der Waals surface area contributed by atoms with E-state index in [1.54, 1.807) is 26.0 Å². The molecule has 0 aliphatic carbocycles. The molecule has 0 aliphatic rings. The van der Waals surface area contributed by atoms with Gasteiger partial charge in [0.05, 0.1) is 23.4 Å². The highest BCUT2D eigenvalue weighted by Crippen LogP contribution is 2.24. The predicted octanol–water partition coefficient (Wildman–Crippen LogP) is 3.48. The van der Waals surface area contributed by atoms with Crippen molar-refractivity contribution in [2.45, 2.75) is 33.7 Å². The monoisotopic (exact) mass is 435 g/mol. The highest BCUT2D eigenvalue weighted by atomic mass is 35.5. The van der Waals surface area contributed by atoms with Gasteiger partial charge in [-0.1, -0.05) is 11.6 Å². The number of carbonyl (C=O) groups is 3. The van der Waals surface area contributed by atoms with Crippen molar-refractivity contribution < 1.29 is 23.9 Å². The minimum absolute atomic E-state index is 0.0725. The Morgan fingerprint density at radius 2 is 1.83 bits per heavy atom. The van der Waals surface area contributed by atoms with Gasteiger partial charge in [-0.15, -0.1) is 0 Å².